The molecule has 3 amide bonds. The zero-order chi connectivity index (χ0) is 27.0. The topological polar surface area (TPSA) is 137 Å². The molecule has 1 fully saturated rings. The summed E-state index contributed by atoms with van der Waals surface area (Å²) in [5, 5.41) is 14.5. The quantitative estimate of drug-likeness (QED) is 0.127. The first kappa shape index (κ1) is 24.5. The lowest BCUT2D eigenvalue weighted by Gasteiger charge is -2.09. The fourth-order valence-corrected chi connectivity index (χ4v) is 4.44. The molecule has 0 atom stereocenters. The van der Waals surface area contributed by atoms with Crippen LogP contribution < -0.4 is 5.32 Å². The van der Waals surface area contributed by atoms with Gasteiger partial charge in [0.25, 0.3) is 11.6 Å². The van der Waals surface area contributed by atoms with Gasteiger partial charge in [0.05, 0.1) is 18.6 Å². The summed E-state index contributed by atoms with van der Waals surface area (Å²) in [6.07, 6.45) is 1.65. The molecule has 0 aliphatic carbocycles. The van der Waals surface area contributed by atoms with Gasteiger partial charge in [-0.2, -0.15) is 0 Å². The van der Waals surface area contributed by atoms with Crippen molar-refractivity contribution < 1.29 is 28.5 Å². The Bertz CT molecular complexity index is 1630. The Morgan fingerprint density at radius 1 is 1.08 bits per heavy atom. The summed E-state index contributed by atoms with van der Waals surface area (Å²) in [7, 11) is 1.23. The SMILES string of the molecule is COC(=O)c1ccc(CN2C(=O)N/C(=C\c3c(C)n(Cc4ccc([N+](=O)[O-])cc4)c4ccccc34)C2=O)o1. The number of imide groups is 1. The van der Waals surface area contributed by atoms with Crippen molar-refractivity contribution in [2.75, 3.05) is 7.11 Å². The van der Waals surface area contributed by atoms with E-state index in [2.05, 4.69) is 14.6 Å². The van der Waals surface area contributed by atoms with Crippen molar-refractivity contribution in [2.45, 2.75) is 20.0 Å². The van der Waals surface area contributed by atoms with Crippen molar-refractivity contribution in [1.29, 1.82) is 0 Å². The van der Waals surface area contributed by atoms with Crippen molar-refractivity contribution in [3.8, 4) is 0 Å². The van der Waals surface area contributed by atoms with E-state index in [0.29, 0.717) is 6.54 Å². The van der Waals surface area contributed by atoms with Gasteiger partial charge in [-0.1, -0.05) is 30.3 Å². The van der Waals surface area contributed by atoms with E-state index in [1.165, 1.54) is 31.4 Å². The van der Waals surface area contributed by atoms with Crippen LogP contribution in [0.2, 0.25) is 0 Å². The Morgan fingerprint density at radius 2 is 1.82 bits per heavy atom. The van der Waals surface area contributed by atoms with Crippen LogP contribution in [0.3, 0.4) is 0 Å². The molecule has 11 heteroatoms. The monoisotopic (exact) mass is 514 g/mol. The van der Waals surface area contributed by atoms with Crippen LogP contribution in [0.4, 0.5) is 10.5 Å². The summed E-state index contributed by atoms with van der Waals surface area (Å²) < 4.78 is 12.1. The molecule has 1 saturated heterocycles. The first-order chi connectivity index (χ1) is 18.3. The highest BCUT2D eigenvalue weighted by Crippen LogP contribution is 2.30. The number of aromatic nitrogens is 1. The Morgan fingerprint density at radius 3 is 2.53 bits per heavy atom. The zero-order valence-corrected chi connectivity index (χ0v) is 20.5. The highest BCUT2D eigenvalue weighted by Gasteiger charge is 2.35. The third-order valence-electron chi connectivity index (χ3n) is 6.38. The van der Waals surface area contributed by atoms with E-state index >= 15 is 0 Å². The summed E-state index contributed by atoms with van der Waals surface area (Å²) >= 11 is 0. The minimum atomic E-state index is -0.658. The molecule has 0 bridgehead atoms. The van der Waals surface area contributed by atoms with Gasteiger partial charge in [0.2, 0.25) is 5.76 Å². The number of carbonyl (C=O) groups excluding carboxylic acids is 3. The molecule has 2 aromatic carbocycles. The van der Waals surface area contributed by atoms with Crippen LogP contribution >= 0.6 is 0 Å². The van der Waals surface area contributed by atoms with Gasteiger partial charge in [-0.25, -0.2) is 9.59 Å². The molecule has 1 aliphatic rings. The molecule has 3 heterocycles. The van der Waals surface area contributed by atoms with Crippen LogP contribution in [0.5, 0.6) is 0 Å². The zero-order valence-electron chi connectivity index (χ0n) is 20.5. The number of amides is 3. The van der Waals surface area contributed by atoms with Gasteiger partial charge in [-0.15, -0.1) is 0 Å². The van der Waals surface area contributed by atoms with Crippen LogP contribution in [0.1, 0.15) is 33.1 Å². The molecule has 0 radical (unpaired) electrons. The minimum Gasteiger partial charge on any atom is -0.463 e. The summed E-state index contributed by atoms with van der Waals surface area (Å²) in [4.78, 5) is 48.9. The first-order valence-corrected chi connectivity index (χ1v) is 11.6. The van der Waals surface area contributed by atoms with E-state index in [4.69, 9.17) is 4.42 Å². The smallest absolute Gasteiger partial charge is 0.373 e. The first-order valence-electron chi connectivity index (χ1n) is 11.6. The van der Waals surface area contributed by atoms with Crippen LogP contribution in [-0.4, -0.2) is 39.4 Å². The molecule has 11 nitrogen and oxygen atoms in total. The molecule has 2 aromatic heterocycles. The van der Waals surface area contributed by atoms with Crippen molar-refractivity contribution in [2.24, 2.45) is 0 Å². The Hall–Kier alpha value is -5.19. The maximum absolute atomic E-state index is 13.1. The van der Waals surface area contributed by atoms with Crippen LogP contribution in [0, 0.1) is 17.0 Å². The molecule has 4 aromatic rings. The number of hydrogen-bond donors (Lipinski definition) is 1. The molecule has 0 unspecified atom stereocenters. The van der Waals surface area contributed by atoms with Crippen molar-refractivity contribution in [3.63, 3.8) is 0 Å². The number of urea groups is 1. The second-order valence-corrected chi connectivity index (χ2v) is 8.66. The fourth-order valence-electron chi connectivity index (χ4n) is 4.44. The number of para-hydroxylation sites is 1. The van der Waals surface area contributed by atoms with Crippen LogP contribution in [0.15, 0.2) is 70.8 Å². The van der Waals surface area contributed by atoms with Gasteiger partial charge in [0.15, 0.2) is 0 Å². The van der Waals surface area contributed by atoms with Gasteiger partial charge in [0.1, 0.15) is 11.5 Å². The van der Waals surface area contributed by atoms with Crippen molar-refractivity contribution >= 4 is 40.6 Å². The number of esters is 1. The van der Waals surface area contributed by atoms with Crippen LogP contribution in [0.25, 0.3) is 17.0 Å². The number of nitrogens with zero attached hydrogens (tertiary/aromatic N) is 3. The molecule has 0 saturated carbocycles. The second kappa shape index (κ2) is 9.69. The molecule has 192 valence electrons. The third-order valence-corrected chi connectivity index (χ3v) is 6.38. The summed E-state index contributed by atoms with van der Waals surface area (Å²) in [6, 6.07) is 16.3. The predicted octanol–water partition coefficient (Wildman–Crippen LogP) is 4.38. The predicted molar refractivity (Wildman–Crippen MR) is 136 cm³/mol. The van der Waals surface area contributed by atoms with Crippen molar-refractivity contribution in [1.82, 2.24) is 14.8 Å². The molecular weight excluding hydrogens is 492 g/mol. The number of carbonyl (C=O) groups is 3. The van der Waals surface area contributed by atoms with E-state index < -0.39 is 22.8 Å². The number of nitrogens with one attached hydrogen (secondary N) is 1. The number of non-ortho nitro benzene ring substituents is 1. The molecule has 1 aliphatic heterocycles. The van der Waals surface area contributed by atoms with E-state index in [1.54, 1.807) is 18.2 Å². The number of hydrogen-bond acceptors (Lipinski definition) is 7. The lowest BCUT2D eigenvalue weighted by Crippen LogP contribution is -2.30. The summed E-state index contributed by atoms with van der Waals surface area (Å²) in [5.41, 5.74) is 3.53. The van der Waals surface area contributed by atoms with E-state index in [-0.39, 0.29) is 29.4 Å². The number of nitro groups is 1. The maximum Gasteiger partial charge on any atom is 0.373 e. The van der Waals surface area contributed by atoms with E-state index in [9.17, 15) is 24.5 Å². The highest BCUT2D eigenvalue weighted by atomic mass is 16.6. The van der Waals surface area contributed by atoms with Crippen LogP contribution in [-0.2, 0) is 22.6 Å². The third kappa shape index (κ3) is 4.41. The molecule has 38 heavy (non-hydrogen) atoms. The number of rotatable bonds is 7. The average molecular weight is 514 g/mol. The second-order valence-electron chi connectivity index (χ2n) is 8.66. The van der Waals surface area contributed by atoms with Gasteiger partial charge < -0.3 is 19.0 Å². The van der Waals surface area contributed by atoms with Gasteiger partial charge >= 0.3 is 12.0 Å². The number of methoxy groups -OCH3 is 1. The average Bonchev–Trinajstić information content (AvgIpc) is 3.57. The van der Waals surface area contributed by atoms with Crippen molar-refractivity contribution in [3.05, 3.63) is 105 Å². The lowest BCUT2D eigenvalue weighted by molar-refractivity contribution is -0.384. The Kier molecular flexibility index (Phi) is 6.25. The standard InChI is InChI=1S/C27H22N4O7/c1-16-21(13-22-25(32)30(27(34)28-22)15-19-11-12-24(38-19)26(33)37-2)20-5-3-4-6-23(20)29(16)14-17-7-9-18(10-8-17)31(35)36/h3-13H,14-15H2,1-2H3,(H,28,34)/b22-13-. The summed E-state index contributed by atoms with van der Waals surface area (Å²) in [6.45, 7) is 2.22. The number of ether oxygens (including phenoxy) is 1. The molecule has 5 rings (SSSR count). The van der Waals surface area contributed by atoms with Gasteiger partial charge in [-0.05, 0) is 36.8 Å². The Labute approximate surface area is 216 Å². The molecular formula is C27H22N4O7. The number of benzene rings is 2. The minimum absolute atomic E-state index is 0.0179. The molecule has 1 N–H and O–H groups in total. The van der Waals surface area contributed by atoms with Gasteiger partial charge in [-0.3, -0.25) is 19.8 Å². The number of nitro benzene ring substituents is 1. The van der Waals surface area contributed by atoms with E-state index in [1.807, 2.05) is 31.2 Å². The van der Waals surface area contributed by atoms with E-state index in [0.717, 1.165) is 32.6 Å². The lowest BCUT2D eigenvalue weighted by atomic mass is 10.1. The number of fused-ring (bicyclic) bond motifs is 1. The maximum atomic E-state index is 13.1. The molecule has 0 spiro atoms. The fraction of sp³-hybridized carbons (Fsp3) is 0.148. The largest absolute Gasteiger partial charge is 0.463 e. The number of furan rings is 1. The Balaban J connectivity index is 1.45. The summed E-state index contributed by atoms with van der Waals surface area (Å²) in [5.74, 6) is -0.958. The highest BCUT2D eigenvalue weighted by molar-refractivity contribution is 6.14. The normalized spacial score (nSPS) is 14.4. The van der Waals surface area contributed by atoms with Gasteiger partial charge in [0, 0.05) is 40.8 Å².